The maximum Gasteiger partial charge on any atom is 0.269 e. The molecular formula is C25H21ClN4O7S. The number of carbonyl (C=O) groups excluding carboxylic acids is 3. The summed E-state index contributed by atoms with van der Waals surface area (Å²) in [5.41, 5.74) is 0.838. The summed E-state index contributed by atoms with van der Waals surface area (Å²) in [6.07, 6.45) is 0.0182. The quantitative estimate of drug-likeness (QED) is 0.253. The lowest BCUT2D eigenvalue weighted by molar-refractivity contribution is -0.384. The molecule has 1 aliphatic heterocycles. The number of anilines is 1. The monoisotopic (exact) mass is 556 g/mol. The van der Waals surface area contributed by atoms with Crippen LogP contribution < -0.4 is 10.0 Å². The molecule has 2 N–H and O–H groups in total. The zero-order valence-corrected chi connectivity index (χ0v) is 21.3. The first-order chi connectivity index (χ1) is 18.0. The van der Waals surface area contributed by atoms with Crippen LogP contribution in [0.1, 0.15) is 22.3 Å². The average molecular weight is 557 g/mol. The number of primary sulfonamides is 1. The molecule has 1 heterocycles. The Morgan fingerprint density at radius 3 is 2.32 bits per heavy atom. The summed E-state index contributed by atoms with van der Waals surface area (Å²) in [4.78, 5) is 52.3. The first-order valence-electron chi connectivity index (χ1n) is 11.3. The molecule has 3 aromatic rings. The predicted octanol–water partition coefficient (Wildman–Crippen LogP) is 2.91. The highest BCUT2D eigenvalue weighted by molar-refractivity contribution is 7.89. The van der Waals surface area contributed by atoms with Crippen molar-refractivity contribution >= 4 is 50.7 Å². The van der Waals surface area contributed by atoms with Crippen LogP contribution >= 0.6 is 11.6 Å². The first kappa shape index (κ1) is 26.9. The Hall–Kier alpha value is -4.13. The van der Waals surface area contributed by atoms with Gasteiger partial charge >= 0.3 is 0 Å². The highest BCUT2D eigenvalue weighted by atomic mass is 35.5. The molecule has 1 atom stereocenters. The van der Waals surface area contributed by atoms with E-state index in [9.17, 15) is 32.9 Å². The van der Waals surface area contributed by atoms with Crippen molar-refractivity contribution in [1.82, 2.24) is 4.90 Å². The van der Waals surface area contributed by atoms with Crippen molar-refractivity contribution in [2.45, 2.75) is 23.8 Å². The van der Waals surface area contributed by atoms with E-state index >= 15 is 0 Å². The van der Waals surface area contributed by atoms with Gasteiger partial charge in [-0.25, -0.2) is 18.5 Å². The molecular weight excluding hydrogens is 536 g/mol. The molecule has 1 aliphatic rings. The molecule has 0 radical (unpaired) electrons. The van der Waals surface area contributed by atoms with E-state index in [2.05, 4.69) is 0 Å². The molecule has 11 nitrogen and oxygen atoms in total. The summed E-state index contributed by atoms with van der Waals surface area (Å²) in [5.74, 6) is -1.83. The van der Waals surface area contributed by atoms with Crippen LogP contribution in [0.15, 0.2) is 77.7 Å². The molecule has 38 heavy (non-hydrogen) atoms. The number of hydrogen-bond acceptors (Lipinski definition) is 7. The van der Waals surface area contributed by atoms with E-state index in [4.69, 9.17) is 16.7 Å². The molecule has 1 saturated heterocycles. The Bertz CT molecular complexity index is 1530. The third-order valence-electron chi connectivity index (χ3n) is 6.04. The fourth-order valence-electron chi connectivity index (χ4n) is 4.15. The largest absolute Gasteiger partial charge is 0.326 e. The van der Waals surface area contributed by atoms with Crippen LogP contribution in [0, 0.1) is 10.1 Å². The van der Waals surface area contributed by atoms with Gasteiger partial charge in [0.1, 0.15) is 6.04 Å². The maximum absolute atomic E-state index is 13.5. The average Bonchev–Trinajstić information content (AvgIpc) is 3.17. The Labute approximate surface area is 222 Å². The van der Waals surface area contributed by atoms with Crippen LogP contribution in [0.4, 0.5) is 11.4 Å². The first-order valence-corrected chi connectivity index (χ1v) is 13.2. The van der Waals surface area contributed by atoms with E-state index in [1.807, 2.05) is 0 Å². The molecule has 3 aromatic carbocycles. The summed E-state index contributed by atoms with van der Waals surface area (Å²) >= 11 is 6.07. The van der Waals surface area contributed by atoms with Crippen LogP contribution in [0.25, 0.3) is 0 Å². The Kier molecular flexibility index (Phi) is 7.58. The third-order valence-corrected chi connectivity index (χ3v) is 7.20. The molecule has 13 heteroatoms. The Balaban J connectivity index is 1.64. The number of sulfonamides is 1. The fraction of sp³-hybridized carbons (Fsp3) is 0.160. The van der Waals surface area contributed by atoms with Gasteiger partial charge in [-0.3, -0.25) is 24.5 Å². The maximum atomic E-state index is 13.5. The summed E-state index contributed by atoms with van der Waals surface area (Å²) in [7, 11) is -3.97. The van der Waals surface area contributed by atoms with Crippen molar-refractivity contribution < 1.29 is 27.7 Å². The summed E-state index contributed by atoms with van der Waals surface area (Å²) in [6.45, 7) is 0.0536. The van der Waals surface area contributed by atoms with Crippen LogP contribution in [-0.4, -0.2) is 48.5 Å². The van der Waals surface area contributed by atoms with Gasteiger partial charge in [0.15, 0.2) is 0 Å². The van der Waals surface area contributed by atoms with E-state index in [1.54, 1.807) is 24.3 Å². The Morgan fingerprint density at radius 2 is 1.74 bits per heavy atom. The number of carbonyl (C=O) groups is 3. The molecule has 0 saturated carbocycles. The number of nitrogens with zero attached hydrogens (tertiary/aromatic N) is 3. The number of hydrogen-bond donors (Lipinski definition) is 1. The second-order valence-corrected chi connectivity index (χ2v) is 10.5. The lowest BCUT2D eigenvalue weighted by atomic mass is 10.1. The van der Waals surface area contributed by atoms with Gasteiger partial charge in [0, 0.05) is 29.3 Å². The van der Waals surface area contributed by atoms with Gasteiger partial charge in [0.25, 0.3) is 17.5 Å². The molecule has 0 aromatic heterocycles. The topological polar surface area (TPSA) is 161 Å². The van der Waals surface area contributed by atoms with E-state index in [0.717, 1.165) is 10.5 Å². The molecule has 1 fully saturated rings. The second kappa shape index (κ2) is 10.7. The molecule has 196 valence electrons. The van der Waals surface area contributed by atoms with Crippen LogP contribution in [0.5, 0.6) is 0 Å². The molecule has 0 aliphatic carbocycles. The third kappa shape index (κ3) is 5.72. The Morgan fingerprint density at radius 1 is 1.08 bits per heavy atom. The molecule has 4 rings (SSSR count). The normalized spacial score (nSPS) is 15.5. The van der Waals surface area contributed by atoms with Gasteiger partial charge in [-0.05, 0) is 60.5 Å². The smallest absolute Gasteiger partial charge is 0.269 e. The van der Waals surface area contributed by atoms with Gasteiger partial charge in [-0.15, -0.1) is 0 Å². The van der Waals surface area contributed by atoms with Crippen LogP contribution in [0.3, 0.4) is 0 Å². The number of non-ortho nitro benzene ring substituents is 1. The van der Waals surface area contributed by atoms with Gasteiger partial charge in [-0.1, -0.05) is 23.7 Å². The number of amides is 3. The van der Waals surface area contributed by atoms with Crippen molar-refractivity contribution in [3.05, 3.63) is 99.1 Å². The minimum Gasteiger partial charge on any atom is -0.326 e. The van der Waals surface area contributed by atoms with Gasteiger partial charge in [0.05, 0.1) is 21.9 Å². The van der Waals surface area contributed by atoms with Gasteiger partial charge in [-0.2, -0.15) is 0 Å². The van der Waals surface area contributed by atoms with Crippen molar-refractivity contribution in [3.63, 3.8) is 0 Å². The van der Waals surface area contributed by atoms with E-state index in [-0.39, 0.29) is 34.8 Å². The molecule has 1 unspecified atom stereocenters. The molecule has 0 bridgehead atoms. The van der Waals surface area contributed by atoms with Crippen molar-refractivity contribution in [1.29, 1.82) is 0 Å². The number of imide groups is 1. The number of rotatable bonds is 8. The summed E-state index contributed by atoms with van der Waals surface area (Å²) in [6, 6.07) is 15.7. The number of halogens is 1. The highest BCUT2D eigenvalue weighted by Crippen LogP contribution is 2.28. The zero-order valence-electron chi connectivity index (χ0n) is 19.7. The minimum absolute atomic E-state index is 0.0536. The summed E-state index contributed by atoms with van der Waals surface area (Å²) in [5, 5.41) is 16.6. The van der Waals surface area contributed by atoms with Crippen LogP contribution in [-0.2, 0) is 26.0 Å². The summed E-state index contributed by atoms with van der Waals surface area (Å²) < 4.78 is 23.1. The molecule has 0 spiro atoms. The van der Waals surface area contributed by atoms with E-state index < -0.39 is 38.7 Å². The lowest BCUT2D eigenvalue weighted by Gasteiger charge is -2.28. The second-order valence-electron chi connectivity index (χ2n) is 8.51. The van der Waals surface area contributed by atoms with E-state index in [1.165, 1.54) is 53.4 Å². The number of nitrogens with two attached hydrogens (primary N) is 1. The lowest BCUT2D eigenvalue weighted by Crippen LogP contribution is -2.46. The van der Waals surface area contributed by atoms with Gasteiger partial charge < -0.3 is 4.90 Å². The van der Waals surface area contributed by atoms with Gasteiger partial charge in [0.2, 0.25) is 15.9 Å². The SMILES string of the molecule is NS(=O)(=O)c1ccc(N2C(=O)CC(N(CCc3cccc(Cl)c3)C(=O)c3ccc([N+](=O)[O-])cc3)C2=O)cc1. The number of nitro groups is 1. The van der Waals surface area contributed by atoms with Crippen LogP contribution in [0.2, 0.25) is 5.02 Å². The molecule has 3 amide bonds. The fourth-order valence-corrected chi connectivity index (χ4v) is 4.88. The van der Waals surface area contributed by atoms with Crippen molar-refractivity contribution in [2.75, 3.05) is 11.4 Å². The van der Waals surface area contributed by atoms with Crippen molar-refractivity contribution in [3.8, 4) is 0 Å². The van der Waals surface area contributed by atoms with Crippen molar-refractivity contribution in [2.24, 2.45) is 5.14 Å². The number of benzene rings is 3. The predicted molar refractivity (Wildman–Crippen MR) is 138 cm³/mol. The zero-order chi connectivity index (χ0) is 27.6. The van der Waals surface area contributed by atoms with E-state index in [0.29, 0.717) is 11.4 Å². The minimum atomic E-state index is -3.97. The highest BCUT2D eigenvalue weighted by Gasteiger charge is 2.44. The number of nitro benzene ring substituents is 1. The standard InChI is InChI=1S/C25H21ClN4O7S/c26-18-3-1-2-16(14-18)12-13-28(24(32)17-4-6-20(7-5-17)30(34)35)22-15-23(31)29(25(22)33)19-8-10-21(11-9-19)38(27,36)37/h1-11,14,22H,12-13,15H2,(H2,27,36,37).